The van der Waals surface area contributed by atoms with Crippen LogP contribution in [0.2, 0.25) is 0 Å². The molecule has 58 valence electrons. The molecule has 10 heavy (non-hydrogen) atoms. The maximum Gasteiger partial charge on any atom is 0.0826 e. The third-order valence-corrected chi connectivity index (χ3v) is 0.936. The van der Waals surface area contributed by atoms with Gasteiger partial charge in [-0.25, -0.2) is 0 Å². The van der Waals surface area contributed by atoms with E-state index in [0.717, 1.165) is 19.5 Å². The quantitative estimate of drug-likeness (QED) is 0.239. The highest BCUT2D eigenvalue weighted by Crippen LogP contribution is 1.73. The Morgan fingerprint density at radius 1 is 1.60 bits per heavy atom. The average Bonchev–Trinajstić information content (AvgIpc) is 1.97. The molecule has 0 saturated heterocycles. The summed E-state index contributed by atoms with van der Waals surface area (Å²) in [5.74, 6) is 0. The summed E-state index contributed by atoms with van der Waals surface area (Å²) in [5.41, 5.74) is 5.26. The molecule has 3 nitrogen and oxygen atoms in total. The topological polar surface area (TPSA) is 50.4 Å². The van der Waals surface area contributed by atoms with Gasteiger partial charge in [-0.15, -0.1) is 6.58 Å². The van der Waals surface area contributed by atoms with E-state index in [4.69, 9.17) is 5.73 Å². The van der Waals surface area contributed by atoms with Crippen LogP contribution in [-0.2, 0) is 0 Å². The van der Waals surface area contributed by atoms with Crippen LogP contribution < -0.4 is 11.1 Å². The zero-order chi connectivity index (χ0) is 7.66. The van der Waals surface area contributed by atoms with Gasteiger partial charge >= 0.3 is 0 Å². The van der Waals surface area contributed by atoms with Crippen molar-refractivity contribution in [3.63, 3.8) is 0 Å². The van der Waals surface area contributed by atoms with Crippen LogP contribution in [0.15, 0.2) is 17.6 Å². The Morgan fingerprint density at radius 3 is 3.00 bits per heavy atom. The Morgan fingerprint density at radius 2 is 2.40 bits per heavy atom. The van der Waals surface area contributed by atoms with Gasteiger partial charge in [0.25, 0.3) is 0 Å². The minimum absolute atomic E-state index is 0.707. The highest BCUT2D eigenvalue weighted by Gasteiger charge is 1.76. The van der Waals surface area contributed by atoms with Crippen molar-refractivity contribution < 1.29 is 0 Å². The molecule has 0 bridgehead atoms. The lowest BCUT2D eigenvalue weighted by molar-refractivity contribution is 0.842. The molecule has 0 aromatic heterocycles. The molecule has 0 atom stereocenters. The van der Waals surface area contributed by atoms with E-state index in [2.05, 4.69) is 16.9 Å². The lowest BCUT2D eigenvalue weighted by atomic mass is 10.4. The van der Waals surface area contributed by atoms with Crippen molar-refractivity contribution in [1.82, 2.24) is 5.32 Å². The van der Waals surface area contributed by atoms with Gasteiger partial charge in [0.05, 0.1) is 6.34 Å². The Bertz CT molecular complexity index is 99.0. The number of aliphatic imine (C=N–C) groups is 1. The summed E-state index contributed by atoms with van der Waals surface area (Å²) >= 11 is 0. The van der Waals surface area contributed by atoms with E-state index in [1.54, 1.807) is 12.4 Å². The maximum absolute atomic E-state index is 5.26. The van der Waals surface area contributed by atoms with E-state index in [1.807, 2.05) is 0 Å². The molecule has 3 heteroatoms. The fourth-order valence-corrected chi connectivity index (χ4v) is 0.448. The van der Waals surface area contributed by atoms with E-state index < -0.39 is 0 Å². The van der Waals surface area contributed by atoms with Crippen LogP contribution in [-0.4, -0.2) is 26.0 Å². The van der Waals surface area contributed by atoms with Gasteiger partial charge in [0.15, 0.2) is 0 Å². The summed E-state index contributed by atoms with van der Waals surface area (Å²) < 4.78 is 0. The lowest BCUT2D eigenvalue weighted by Crippen LogP contribution is -2.10. The molecule has 0 aliphatic carbocycles. The number of hydrogen-bond acceptors (Lipinski definition) is 2. The molecule has 0 fully saturated rings. The van der Waals surface area contributed by atoms with Crippen LogP contribution in [0.4, 0.5) is 0 Å². The van der Waals surface area contributed by atoms with Gasteiger partial charge in [-0.1, -0.05) is 6.08 Å². The minimum atomic E-state index is 0.707. The number of nitrogens with zero attached hydrogens (tertiary/aromatic N) is 1. The molecule has 0 spiro atoms. The van der Waals surface area contributed by atoms with Crippen molar-refractivity contribution in [1.29, 1.82) is 0 Å². The Kier molecular flexibility index (Phi) is 7.49. The SMILES string of the molecule is C=CCNC=NCCCN. The summed E-state index contributed by atoms with van der Waals surface area (Å²) in [6, 6.07) is 0. The molecule has 0 amide bonds. The Balaban J connectivity index is 2.96. The lowest BCUT2D eigenvalue weighted by Gasteiger charge is -1.92. The van der Waals surface area contributed by atoms with Gasteiger partial charge in [0.1, 0.15) is 0 Å². The third-order valence-electron chi connectivity index (χ3n) is 0.936. The molecular weight excluding hydrogens is 126 g/mol. The first-order valence-electron chi connectivity index (χ1n) is 3.44. The Hall–Kier alpha value is -0.830. The second-order valence-electron chi connectivity index (χ2n) is 1.87. The molecule has 0 aliphatic rings. The molecule has 3 N–H and O–H groups in total. The normalized spacial score (nSPS) is 10.1. The van der Waals surface area contributed by atoms with Crippen LogP contribution in [0.25, 0.3) is 0 Å². The van der Waals surface area contributed by atoms with Crippen LogP contribution in [0.3, 0.4) is 0 Å². The highest BCUT2D eigenvalue weighted by molar-refractivity contribution is 5.54. The zero-order valence-corrected chi connectivity index (χ0v) is 6.21. The third kappa shape index (κ3) is 7.17. The van der Waals surface area contributed by atoms with E-state index >= 15 is 0 Å². The van der Waals surface area contributed by atoms with E-state index in [9.17, 15) is 0 Å². The van der Waals surface area contributed by atoms with Crippen LogP contribution in [0, 0.1) is 0 Å². The molecular formula is C7H15N3. The van der Waals surface area contributed by atoms with Crippen LogP contribution in [0.1, 0.15) is 6.42 Å². The predicted molar refractivity (Wildman–Crippen MR) is 45.2 cm³/mol. The first-order valence-corrected chi connectivity index (χ1v) is 3.44. The van der Waals surface area contributed by atoms with Gasteiger partial charge in [-0.3, -0.25) is 4.99 Å². The standard InChI is InChI=1S/C7H15N3/c1-2-5-9-7-10-6-3-4-8/h2,7H,1,3-6,8H2,(H,9,10). The predicted octanol–water partition coefficient (Wildman–Crippen LogP) is 0.139. The summed E-state index contributed by atoms with van der Waals surface area (Å²) in [6.45, 7) is 5.83. The molecule has 0 unspecified atom stereocenters. The van der Waals surface area contributed by atoms with Gasteiger partial charge in [-0.05, 0) is 13.0 Å². The van der Waals surface area contributed by atoms with Gasteiger partial charge in [0, 0.05) is 13.1 Å². The summed E-state index contributed by atoms with van der Waals surface area (Å²) in [4.78, 5) is 4.03. The van der Waals surface area contributed by atoms with Crippen LogP contribution >= 0.6 is 0 Å². The Labute approximate surface area is 62.0 Å². The molecule has 0 heterocycles. The highest BCUT2D eigenvalue weighted by atomic mass is 14.9. The fraction of sp³-hybridized carbons (Fsp3) is 0.571. The van der Waals surface area contributed by atoms with Crippen molar-refractivity contribution >= 4 is 6.34 Å². The summed E-state index contributed by atoms with van der Waals surface area (Å²) in [5, 5.41) is 2.94. The van der Waals surface area contributed by atoms with Crippen molar-refractivity contribution in [2.45, 2.75) is 6.42 Å². The molecule has 0 radical (unpaired) electrons. The van der Waals surface area contributed by atoms with E-state index in [1.165, 1.54) is 0 Å². The van der Waals surface area contributed by atoms with Crippen molar-refractivity contribution in [3.8, 4) is 0 Å². The number of rotatable bonds is 6. The number of nitrogens with one attached hydrogen (secondary N) is 1. The molecule has 0 aliphatic heterocycles. The van der Waals surface area contributed by atoms with Gasteiger partial charge in [0.2, 0.25) is 0 Å². The van der Waals surface area contributed by atoms with Crippen molar-refractivity contribution in [2.24, 2.45) is 10.7 Å². The molecule has 0 saturated carbocycles. The zero-order valence-electron chi connectivity index (χ0n) is 6.21. The van der Waals surface area contributed by atoms with Crippen molar-refractivity contribution in [2.75, 3.05) is 19.6 Å². The second kappa shape index (κ2) is 8.17. The number of hydrogen-bond donors (Lipinski definition) is 2. The molecule has 0 rings (SSSR count). The monoisotopic (exact) mass is 141 g/mol. The molecule has 0 aromatic rings. The first-order chi connectivity index (χ1) is 4.91. The fourth-order valence-electron chi connectivity index (χ4n) is 0.448. The largest absolute Gasteiger partial charge is 0.373 e. The first kappa shape index (κ1) is 9.17. The minimum Gasteiger partial charge on any atom is -0.373 e. The maximum atomic E-state index is 5.26. The van der Waals surface area contributed by atoms with Gasteiger partial charge in [-0.2, -0.15) is 0 Å². The van der Waals surface area contributed by atoms with E-state index in [-0.39, 0.29) is 0 Å². The van der Waals surface area contributed by atoms with E-state index in [0.29, 0.717) is 6.54 Å². The average molecular weight is 141 g/mol. The smallest absolute Gasteiger partial charge is 0.0826 e. The van der Waals surface area contributed by atoms with Crippen LogP contribution in [0.5, 0.6) is 0 Å². The summed E-state index contributed by atoms with van der Waals surface area (Å²) in [7, 11) is 0. The molecule has 0 aromatic carbocycles. The van der Waals surface area contributed by atoms with Gasteiger partial charge < -0.3 is 11.1 Å². The summed E-state index contributed by atoms with van der Waals surface area (Å²) in [6.07, 6.45) is 4.43. The second-order valence-corrected chi connectivity index (χ2v) is 1.87. The van der Waals surface area contributed by atoms with Crippen molar-refractivity contribution in [3.05, 3.63) is 12.7 Å². The number of nitrogens with two attached hydrogens (primary N) is 1.